The van der Waals surface area contributed by atoms with Crippen LogP contribution in [0.1, 0.15) is 102 Å². The second kappa shape index (κ2) is 11.7. The first kappa shape index (κ1) is 23.9. The van der Waals surface area contributed by atoms with Gasteiger partial charge in [0.1, 0.15) is 5.75 Å². The average molecular weight is 421 g/mol. The summed E-state index contributed by atoms with van der Waals surface area (Å²) in [5.74, 6) is 4.12. The maximum absolute atomic E-state index is 9.54. The fourth-order valence-electron chi connectivity index (χ4n) is 6.19. The van der Waals surface area contributed by atoms with Crippen LogP contribution in [0.15, 0.2) is 42.5 Å². The first-order chi connectivity index (χ1) is 15.1. The summed E-state index contributed by atoms with van der Waals surface area (Å²) in [4.78, 5) is 0. The van der Waals surface area contributed by atoms with Gasteiger partial charge in [0, 0.05) is 0 Å². The highest BCUT2D eigenvalue weighted by atomic mass is 16.3. The van der Waals surface area contributed by atoms with Gasteiger partial charge in [-0.15, -0.1) is 0 Å². The first-order valence-electron chi connectivity index (χ1n) is 13.0. The van der Waals surface area contributed by atoms with E-state index in [4.69, 9.17) is 0 Å². The summed E-state index contributed by atoms with van der Waals surface area (Å²) in [5, 5.41) is 9.54. The zero-order chi connectivity index (χ0) is 22.2. The summed E-state index contributed by atoms with van der Waals surface area (Å²) in [7, 11) is 0. The highest BCUT2D eigenvalue weighted by molar-refractivity contribution is 5.68. The number of hydrogen-bond acceptors (Lipinski definition) is 1. The Labute approximate surface area is 191 Å². The van der Waals surface area contributed by atoms with Crippen molar-refractivity contribution < 1.29 is 5.11 Å². The Balaban J connectivity index is 0.00000132. The summed E-state index contributed by atoms with van der Waals surface area (Å²) < 4.78 is 0. The Morgan fingerprint density at radius 2 is 1.35 bits per heavy atom. The van der Waals surface area contributed by atoms with Crippen molar-refractivity contribution in [3.8, 4) is 16.9 Å². The van der Waals surface area contributed by atoms with Gasteiger partial charge in [0.05, 0.1) is 0 Å². The largest absolute Gasteiger partial charge is 0.508 e. The molecule has 2 fully saturated rings. The number of phenols is 1. The number of benzene rings is 2. The maximum Gasteiger partial charge on any atom is 0.115 e. The molecule has 4 rings (SSSR count). The summed E-state index contributed by atoms with van der Waals surface area (Å²) >= 11 is 0. The second-order valence-electron chi connectivity index (χ2n) is 9.80. The Hall–Kier alpha value is -1.76. The second-order valence-corrected chi connectivity index (χ2v) is 9.80. The molecule has 31 heavy (non-hydrogen) atoms. The summed E-state index contributed by atoms with van der Waals surface area (Å²) in [6.45, 7) is 8.57. The monoisotopic (exact) mass is 420 g/mol. The lowest BCUT2D eigenvalue weighted by atomic mass is 9.68. The number of aromatic hydroxyl groups is 1. The molecule has 2 aromatic rings. The fraction of sp³-hybridized carbons (Fsp3) is 0.600. The molecule has 1 nitrogen and oxygen atoms in total. The van der Waals surface area contributed by atoms with Crippen LogP contribution in [0, 0.1) is 24.7 Å². The fourth-order valence-corrected chi connectivity index (χ4v) is 6.19. The molecule has 0 radical (unpaired) electrons. The van der Waals surface area contributed by atoms with E-state index in [0.717, 1.165) is 23.7 Å². The van der Waals surface area contributed by atoms with Crippen LogP contribution in [0.5, 0.6) is 5.75 Å². The molecule has 0 aliphatic heterocycles. The lowest BCUT2D eigenvalue weighted by Crippen LogP contribution is -2.25. The molecule has 2 aromatic carbocycles. The summed E-state index contributed by atoms with van der Waals surface area (Å²) in [6.07, 6.45) is 14.4. The Kier molecular flexibility index (Phi) is 9.05. The minimum atomic E-state index is 0.332. The van der Waals surface area contributed by atoms with Gasteiger partial charge >= 0.3 is 0 Å². The third-order valence-corrected chi connectivity index (χ3v) is 7.93. The average Bonchev–Trinajstić information content (AvgIpc) is 2.82. The molecular weight excluding hydrogens is 376 g/mol. The molecule has 0 spiro atoms. The predicted octanol–water partition coefficient (Wildman–Crippen LogP) is 9.27. The number of rotatable bonds is 5. The van der Waals surface area contributed by atoms with Gasteiger partial charge in [-0.3, -0.25) is 0 Å². The van der Waals surface area contributed by atoms with E-state index in [1.54, 1.807) is 12.1 Å². The Bertz CT molecular complexity index is 775. The molecule has 1 N–H and O–H groups in total. The van der Waals surface area contributed by atoms with Crippen molar-refractivity contribution in [1.82, 2.24) is 0 Å². The third kappa shape index (κ3) is 6.15. The summed E-state index contributed by atoms with van der Waals surface area (Å²) in [5.41, 5.74) is 5.36. The van der Waals surface area contributed by atoms with Gasteiger partial charge in [0.2, 0.25) is 0 Å². The third-order valence-electron chi connectivity index (χ3n) is 7.93. The van der Waals surface area contributed by atoms with Crippen LogP contribution in [0.25, 0.3) is 11.1 Å². The van der Waals surface area contributed by atoms with E-state index < -0.39 is 0 Å². The van der Waals surface area contributed by atoms with E-state index in [9.17, 15) is 5.11 Å². The molecule has 0 saturated heterocycles. The Morgan fingerprint density at radius 1 is 0.774 bits per heavy atom. The van der Waals surface area contributed by atoms with Crippen LogP contribution in [0.4, 0.5) is 0 Å². The van der Waals surface area contributed by atoms with Crippen molar-refractivity contribution in [2.24, 2.45) is 17.8 Å². The van der Waals surface area contributed by atoms with Crippen molar-refractivity contribution in [3.63, 3.8) is 0 Å². The molecule has 2 aliphatic rings. The van der Waals surface area contributed by atoms with E-state index in [-0.39, 0.29) is 0 Å². The molecule has 0 amide bonds. The molecule has 0 heterocycles. The minimum Gasteiger partial charge on any atom is -0.508 e. The molecule has 0 bridgehead atoms. The molecule has 0 aromatic heterocycles. The lowest BCUT2D eigenvalue weighted by molar-refractivity contribution is 0.156. The minimum absolute atomic E-state index is 0.332. The van der Waals surface area contributed by atoms with Gasteiger partial charge in [-0.05, 0) is 104 Å². The van der Waals surface area contributed by atoms with Gasteiger partial charge in [-0.1, -0.05) is 76.8 Å². The smallest absolute Gasteiger partial charge is 0.115 e. The maximum atomic E-state index is 9.54. The van der Waals surface area contributed by atoms with Crippen LogP contribution < -0.4 is 0 Å². The zero-order valence-corrected chi connectivity index (χ0v) is 20.4. The molecule has 2 saturated carbocycles. The van der Waals surface area contributed by atoms with E-state index in [1.807, 2.05) is 26.0 Å². The van der Waals surface area contributed by atoms with E-state index in [0.29, 0.717) is 5.75 Å². The van der Waals surface area contributed by atoms with Crippen molar-refractivity contribution in [2.75, 3.05) is 0 Å². The van der Waals surface area contributed by atoms with Crippen molar-refractivity contribution in [2.45, 2.75) is 97.8 Å². The number of hydrogen-bond donors (Lipinski definition) is 1. The van der Waals surface area contributed by atoms with Crippen LogP contribution in [0.3, 0.4) is 0 Å². The number of aryl methyl sites for hydroxylation is 1. The topological polar surface area (TPSA) is 20.2 Å². The standard InChI is InChI=1S/C28H38O.C2H6/c1-3-4-21-5-7-22(8-6-21)23-9-11-24(12-10-23)26-15-18-28(20(2)19-26)25-13-16-27(29)17-14-25;1-2/h13-19,21-24,29H,3-12H2,1-2H3;1-2H3. The SMILES string of the molecule is CC.CCCC1CCC(C2CCC(c3ccc(-c4ccc(O)cc4)c(C)c3)CC2)CC1. The Morgan fingerprint density at radius 3 is 1.90 bits per heavy atom. The molecule has 1 heteroatoms. The molecule has 0 atom stereocenters. The predicted molar refractivity (Wildman–Crippen MR) is 135 cm³/mol. The lowest BCUT2D eigenvalue weighted by Gasteiger charge is -2.38. The van der Waals surface area contributed by atoms with E-state index in [1.165, 1.54) is 86.5 Å². The normalized spacial score (nSPS) is 26.1. The van der Waals surface area contributed by atoms with Gasteiger partial charge in [0.15, 0.2) is 0 Å². The van der Waals surface area contributed by atoms with Crippen LogP contribution in [-0.4, -0.2) is 5.11 Å². The number of phenolic OH excluding ortho intramolecular Hbond substituents is 1. The zero-order valence-electron chi connectivity index (χ0n) is 20.4. The van der Waals surface area contributed by atoms with Gasteiger partial charge in [0.25, 0.3) is 0 Å². The highest BCUT2D eigenvalue weighted by Crippen LogP contribution is 2.44. The molecule has 0 unspecified atom stereocenters. The van der Waals surface area contributed by atoms with Crippen LogP contribution in [-0.2, 0) is 0 Å². The molecule has 170 valence electrons. The van der Waals surface area contributed by atoms with Crippen molar-refractivity contribution in [1.29, 1.82) is 0 Å². The quantitative estimate of drug-likeness (QED) is 0.511. The van der Waals surface area contributed by atoms with E-state index in [2.05, 4.69) is 32.0 Å². The van der Waals surface area contributed by atoms with Gasteiger partial charge in [-0.2, -0.15) is 0 Å². The van der Waals surface area contributed by atoms with Gasteiger partial charge in [-0.25, -0.2) is 0 Å². The summed E-state index contributed by atoms with van der Waals surface area (Å²) in [6, 6.07) is 14.6. The van der Waals surface area contributed by atoms with Crippen molar-refractivity contribution in [3.05, 3.63) is 53.6 Å². The van der Waals surface area contributed by atoms with Crippen molar-refractivity contribution >= 4 is 0 Å². The van der Waals surface area contributed by atoms with Crippen LogP contribution in [0.2, 0.25) is 0 Å². The molecular formula is C30H44O. The van der Waals surface area contributed by atoms with E-state index >= 15 is 0 Å². The first-order valence-corrected chi connectivity index (χ1v) is 13.0. The van der Waals surface area contributed by atoms with Crippen LogP contribution >= 0.6 is 0 Å². The highest BCUT2D eigenvalue weighted by Gasteiger charge is 2.31. The van der Waals surface area contributed by atoms with Gasteiger partial charge < -0.3 is 5.11 Å². The molecule has 2 aliphatic carbocycles.